The molecule has 0 amide bonds. The highest BCUT2D eigenvalue weighted by Crippen LogP contribution is 2.25. The van der Waals surface area contributed by atoms with Crippen molar-refractivity contribution in [1.82, 2.24) is 0 Å². The summed E-state index contributed by atoms with van der Waals surface area (Å²) in [6, 6.07) is 5.71. The second-order valence-electron chi connectivity index (χ2n) is 5.39. The number of hydrogen-bond donors (Lipinski definition) is 2. The van der Waals surface area contributed by atoms with Crippen molar-refractivity contribution in [3.05, 3.63) is 28.8 Å². The van der Waals surface area contributed by atoms with Crippen LogP contribution in [0.25, 0.3) is 0 Å². The van der Waals surface area contributed by atoms with Gasteiger partial charge in [0.25, 0.3) is 0 Å². The molecule has 1 aromatic carbocycles. The largest absolute Gasteiger partial charge is 0.389 e. The molecule has 3 nitrogen and oxygen atoms in total. The van der Waals surface area contributed by atoms with Crippen LogP contribution in [-0.4, -0.2) is 30.0 Å². The van der Waals surface area contributed by atoms with E-state index in [0.717, 1.165) is 11.3 Å². The Kier molecular flexibility index (Phi) is 5.45. The first-order valence-corrected chi connectivity index (χ1v) is 6.48. The summed E-state index contributed by atoms with van der Waals surface area (Å²) in [6.45, 7) is 8.59. The van der Waals surface area contributed by atoms with Gasteiger partial charge in [0.1, 0.15) is 0 Å². The van der Waals surface area contributed by atoms with E-state index in [1.165, 1.54) is 0 Å². The molecule has 1 unspecified atom stereocenters. The molecule has 0 saturated heterocycles. The number of para-hydroxylation sites is 1. The van der Waals surface area contributed by atoms with Gasteiger partial charge in [-0.25, -0.2) is 0 Å². The molecule has 0 aliphatic rings. The van der Waals surface area contributed by atoms with E-state index < -0.39 is 6.10 Å². The second-order valence-corrected chi connectivity index (χ2v) is 5.80. The quantitative estimate of drug-likeness (QED) is 0.864. The number of aliphatic hydroxyl groups excluding tert-OH is 1. The van der Waals surface area contributed by atoms with Crippen LogP contribution in [0.15, 0.2) is 18.2 Å². The Morgan fingerprint density at radius 2 is 2.06 bits per heavy atom. The van der Waals surface area contributed by atoms with Crippen molar-refractivity contribution in [3.63, 3.8) is 0 Å². The first-order chi connectivity index (χ1) is 8.29. The van der Waals surface area contributed by atoms with Gasteiger partial charge in [-0.3, -0.25) is 0 Å². The molecule has 18 heavy (non-hydrogen) atoms. The number of halogens is 1. The van der Waals surface area contributed by atoms with Gasteiger partial charge in [-0.05, 0) is 39.3 Å². The van der Waals surface area contributed by atoms with Crippen molar-refractivity contribution >= 4 is 17.3 Å². The zero-order chi connectivity index (χ0) is 13.8. The van der Waals surface area contributed by atoms with E-state index in [1.54, 1.807) is 0 Å². The predicted molar refractivity (Wildman–Crippen MR) is 76.4 cm³/mol. The standard InChI is InChI=1S/C14H22ClNO2/c1-10-6-5-7-12(15)13(10)16-8-11(17)9-18-14(2,3)4/h5-7,11,16-17H,8-9H2,1-4H3. The van der Waals surface area contributed by atoms with Gasteiger partial charge in [0.15, 0.2) is 0 Å². The molecule has 0 heterocycles. The van der Waals surface area contributed by atoms with Gasteiger partial charge >= 0.3 is 0 Å². The lowest BCUT2D eigenvalue weighted by molar-refractivity contribution is -0.0449. The number of anilines is 1. The fraction of sp³-hybridized carbons (Fsp3) is 0.571. The second kappa shape index (κ2) is 6.41. The zero-order valence-electron chi connectivity index (χ0n) is 11.5. The molecule has 0 aromatic heterocycles. The lowest BCUT2D eigenvalue weighted by atomic mass is 10.2. The highest BCUT2D eigenvalue weighted by molar-refractivity contribution is 6.33. The van der Waals surface area contributed by atoms with Gasteiger partial charge in [-0.2, -0.15) is 0 Å². The molecule has 0 bridgehead atoms. The molecule has 1 rings (SSSR count). The van der Waals surface area contributed by atoms with Crippen LogP contribution in [0, 0.1) is 6.92 Å². The molecule has 0 fully saturated rings. The maximum Gasteiger partial charge on any atom is 0.0945 e. The van der Waals surface area contributed by atoms with Gasteiger partial charge in [0.05, 0.1) is 29.0 Å². The van der Waals surface area contributed by atoms with E-state index in [1.807, 2.05) is 45.9 Å². The SMILES string of the molecule is Cc1cccc(Cl)c1NCC(O)COC(C)(C)C. The highest BCUT2D eigenvalue weighted by Gasteiger charge is 2.14. The van der Waals surface area contributed by atoms with Crippen molar-refractivity contribution in [3.8, 4) is 0 Å². The summed E-state index contributed by atoms with van der Waals surface area (Å²) in [7, 11) is 0. The number of benzene rings is 1. The normalized spacial score (nSPS) is 13.4. The average molecular weight is 272 g/mol. The number of ether oxygens (including phenoxy) is 1. The van der Waals surface area contributed by atoms with Gasteiger partial charge < -0.3 is 15.2 Å². The van der Waals surface area contributed by atoms with Crippen molar-refractivity contribution in [2.75, 3.05) is 18.5 Å². The first kappa shape index (κ1) is 15.3. The monoisotopic (exact) mass is 271 g/mol. The molecule has 2 N–H and O–H groups in total. The Hall–Kier alpha value is -0.770. The van der Waals surface area contributed by atoms with Crippen molar-refractivity contribution in [2.45, 2.75) is 39.4 Å². The number of rotatable bonds is 5. The van der Waals surface area contributed by atoms with Crippen molar-refractivity contribution in [2.24, 2.45) is 0 Å². The van der Waals surface area contributed by atoms with Crippen LogP contribution in [0.4, 0.5) is 5.69 Å². The summed E-state index contributed by atoms with van der Waals surface area (Å²) in [5, 5.41) is 13.6. The van der Waals surface area contributed by atoms with E-state index >= 15 is 0 Å². The van der Waals surface area contributed by atoms with Crippen LogP contribution in [-0.2, 0) is 4.74 Å². The minimum absolute atomic E-state index is 0.235. The summed E-state index contributed by atoms with van der Waals surface area (Å²) >= 11 is 6.09. The van der Waals surface area contributed by atoms with Crippen LogP contribution in [0.1, 0.15) is 26.3 Å². The lowest BCUT2D eigenvalue weighted by Crippen LogP contribution is -2.30. The summed E-state index contributed by atoms with van der Waals surface area (Å²) in [6.07, 6.45) is -0.556. The molecular formula is C14H22ClNO2. The number of nitrogens with one attached hydrogen (secondary N) is 1. The third-order valence-electron chi connectivity index (χ3n) is 2.45. The molecule has 1 aromatic rings. The molecule has 0 aliphatic carbocycles. The van der Waals surface area contributed by atoms with E-state index in [0.29, 0.717) is 18.2 Å². The third kappa shape index (κ3) is 5.25. The van der Waals surface area contributed by atoms with Gasteiger partial charge in [-0.15, -0.1) is 0 Å². The molecule has 0 saturated carbocycles. The van der Waals surface area contributed by atoms with Crippen molar-refractivity contribution in [1.29, 1.82) is 0 Å². The van der Waals surface area contributed by atoms with E-state index in [9.17, 15) is 5.11 Å². The number of hydrogen-bond acceptors (Lipinski definition) is 3. The van der Waals surface area contributed by atoms with E-state index in [4.69, 9.17) is 16.3 Å². The lowest BCUT2D eigenvalue weighted by Gasteiger charge is -2.22. The van der Waals surface area contributed by atoms with Gasteiger partial charge in [-0.1, -0.05) is 23.7 Å². The maximum absolute atomic E-state index is 9.83. The Bertz CT molecular complexity index is 368. The molecule has 0 radical (unpaired) electrons. The minimum Gasteiger partial charge on any atom is -0.389 e. The molecule has 0 spiro atoms. The molecule has 0 aliphatic heterocycles. The Morgan fingerprint density at radius 3 is 2.61 bits per heavy atom. The first-order valence-electron chi connectivity index (χ1n) is 6.10. The summed E-state index contributed by atoms with van der Waals surface area (Å²) < 4.78 is 5.52. The molecular weight excluding hydrogens is 250 g/mol. The van der Waals surface area contributed by atoms with Gasteiger partial charge in [0.2, 0.25) is 0 Å². The fourth-order valence-electron chi connectivity index (χ4n) is 1.48. The summed E-state index contributed by atoms with van der Waals surface area (Å²) in [5.74, 6) is 0. The predicted octanol–water partition coefficient (Wildman–Crippen LogP) is 3.24. The number of aryl methyl sites for hydroxylation is 1. The van der Waals surface area contributed by atoms with Crippen LogP contribution in [0.2, 0.25) is 5.02 Å². The maximum atomic E-state index is 9.83. The highest BCUT2D eigenvalue weighted by atomic mass is 35.5. The fourth-order valence-corrected chi connectivity index (χ4v) is 1.77. The number of aliphatic hydroxyl groups is 1. The molecule has 4 heteroatoms. The molecule has 1 atom stereocenters. The Balaban J connectivity index is 2.45. The Morgan fingerprint density at radius 1 is 1.39 bits per heavy atom. The summed E-state index contributed by atoms with van der Waals surface area (Å²) in [4.78, 5) is 0. The minimum atomic E-state index is -0.556. The zero-order valence-corrected chi connectivity index (χ0v) is 12.2. The smallest absolute Gasteiger partial charge is 0.0945 e. The third-order valence-corrected chi connectivity index (χ3v) is 2.76. The van der Waals surface area contributed by atoms with Crippen LogP contribution < -0.4 is 5.32 Å². The van der Waals surface area contributed by atoms with Gasteiger partial charge in [0, 0.05) is 6.54 Å². The van der Waals surface area contributed by atoms with Crippen LogP contribution >= 0.6 is 11.6 Å². The van der Waals surface area contributed by atoms with E-state index in [2.05, 4.69) is 5.32 Å². The Labute approximate surface area is 114 Å². The topological polar surface area (TPSA) is 41.5 Å². The van der Waals surface area contributed by atoms with Crippen LogP contribution in [0.3, 0.4) is 0 Å². The van der Waals surface area contributed by atoms with Crippen molar-refractivity contribution < 1.29 is 9.84 Å². The van der Waals surface area contributed by atoms with Crippen LogP contribution in [0.5, 0.6) is 0 Å². The summed E-state index contributed by atoms with van der Waals surface area (Å²) in [5.41, 5.74) is 1.70. The molecule has 102 valence electrons. The average Bonchev–Trinajstić information content (AvgIpc) is 2.25. The van der Waals surface area contributed by atoms with E-state index in [-0.39, 0.29) is 5.60 Å².